The van der Waals surface area contributed by atoms with Crippen LogP contribution in [0, 0.1) is 0 Å². The number of hydrogen-bond acceptors (Lipinski definition) is 6. The number of aromatic nitrogens is 2. The van der Waals surface area contributed by atoms with Gasteiger partial charge in [-0.3, -0.25) is 0 Å². The molecule has 1 N–H and O–H groups in total. The van der Waals surface area contributed by atoms with E-state index in [0.29, 0.717) is 24.6 Å². The van der Waals surface area contributed by atoms with Crippen LogP contribution in [0.4, 0.5) is 0 Å². The Balaban J connectivity index is 2.11. The third-order valence-corrected chi connectivity index (χ3v) is 4.28. The number of rotatable bonds is 3. The van der Waals surface area contributed by atoms with Crippen molar-refractivity contribution in [2.45, 2.75) is 44.4 Å². The molecule has 6 nitrogen and oxygen atoms in total. The molecule has 0 unspecified atom stereocenters. The summed E-state index contributed by atoms with van der Waals surface area (Å²) in [4.78, 5) is 21.1. The summed E-state index contributed by atoms with van der Waals surface area (Å²) in [7, 11) is 3.07. The lowest BCUT2D eigenvalue weighted by Gasteiger charge is -2.26. The summed E-state index contributed by atoms with van der Waals surface area (Å²) in [6.45, 7) is 1.27. The minimum absolute atomic E-state index is 0.376. The van der Waals surface area contributed by atoms with Gasteiger partial charge < -0.3 is 14.8 Å². The van der Waals surface area contributed by atoms with E-state index >= 15 is 0 Å². The van der Waals surface area contributed by atoms with Crippen LogP contribution in [-0.4, -0.2) is 30.2 Å². The van der Waals surface area contributed by atoms with Gasteiger partial charge in [0.1, 0.15) is 5.60 Å². The zero-order valence-corrected chi connectivity index (χ0v) is 11.9. The highest BCUT2D eigenvalue weighted by Gasteiger charge is 2.40. The van der Waals surface area contributed by atoms with Gasteiger partial charge in [0, 0.05) is 25.8 Å². The van der Waals surface area contributed by atoms with E-state index in [9.17, 15) is 4.79 Å². The van der Waals surface area contributed by atoms with E-state index < -0.39 is 11.6 Å². The Bertz CT molecular complexity index is 539. The summed E-state index contributed by atoms with van der Waals surface area (Å²) in [5.74, 6) is 0.221. The van der Waals surface area contributed by atoms with E-state index in [-0.39, 0.29) is 0 Å². The zero-order chi connectivity index (χ0) is 14.2. The van der Waals surface area contributed by atoms with E-state index in [1.54, 1.807) is 7.11 Å². The fourth-order valence-corrected chi connectivity index (χ4v) is 3.10. The highest BCUT2D eigenvalue weighted by Crippen LogP contribution is 2.40. The van der Waals surface area contributed by atoms with Gasteiger partial charge in [0.25, 0.3) is 0 Å². The lowest BCUT2D eigenvalue weighted by Crippen LogP contribution is -2.29. The van der Waals surface area contributed by atoms with Crippen LogP contribution in [-0.2, 0) is 28.2 Å². The number of esters is 1. The number of nitrogens with zero attached hydrogens (tertiary/aromatic N) is 2. The number of carbonyl (C=O) groups is 1. The topological polar surface area (TPSA) is 73.3 Å². The van der Waals surface area contributed by atoms with Crippen molar-refractivity contribution < 1.29 is 14.3 Å². The van der Waals surface area contributed by atoms with Crippen molar-refractivity contribution in [3.8, 4) is 0 Å². The average Bonchev–Trinajstić information content (AvgIpc) is 3.14. The van der Waals surface area contributed by atoms with Crippen molar-refractivity contribution in [2.75, 3.05) is 14.2 Å². The first-order chi connectivity index (χ1) is 9.70. The second-order valence-corrected chi connectivity index (χ2v) is 5.32. The maximum Gasteiger partial charge on any atom is 0.357 e. The van der Waals surface area contributed by atoms with Gasteiger partial charge in [0.05, 0.1) is 12.8 Å². The van der Waals surface area contributed by atoms with Crippen LogP contribution in [0.5, 0.6) is 0 Å². The van der Waals surface area contributed by atoms with Crippen LogP contribution in [0.3, 0.4) is 0 Å². The van der Waals surface area contributed by atoms with Gasteiger partial charge in [-0.1, -0.05) is 0 Å². The Labute approximate surface area is 117 Å². The van der Waals surface area contributed by atoms with Crippen LogP contribution in [0.25, 0.3) is 0 Å². The first-order valence-electron chi connectivity index (χ1n) is 6.94. The molecule has 20 heavy (non-hydrogen) atoms. The quantitative estimate of drug-likeness (QED) is 0.839. The van der Waals surface area contributed by atoms with Crippen molar-refractivity contribution in [3.63, 3.8) is 0 Å². The maximum absolute atomic E-state index is 12.0. The second-order valence-electron chi connectivity index (χ2n) is 5.32. The number of carbonyl (C=O) groups excluding carboxylic acids is 1. The molecule has 0 radical (unpaired) electrons. The van der Waals surface area contributed by atoms with Crippen molar-refractivity contribution in [3.05, 3.63) is 22.8 Å². The Morgan fingerprint density at radius 2 is 1.95 bits per heavy atom. The van der Waals surface area contributed by atoms with Crippen LogP contribution in [0.15, 0.2) is 0 Å². The normalized spacial score (nSPS) is 19.9. The third-order valence-electron chi connectivity index (χ3n) is 4.28. The van der Waals surface area contributed by atoms with Gasteiger partial charge in [0.15, 0.2) is 11.5 Å². The lowest BCUT2D eigenvalue weighted by atomic mass is 10.00. The van der Waals surface area contributed by atoms with E-state index in [1.165, 1.54) is 7.11 Å². The minimum Gasteiger partial charge on any atom is -0.464 e. The molecule has 2 aliphatic rings. The highest BCUT2D eigenvalue weighted by atomic mass is 16.5. The fourth-order valence-electron chi connectivity index (χ4n) is 3.10. The molecule has 6 heteroatoms. The Morgan fingerprint density at radius 3 is 2.60 bits per heavy atom. The number of ether oxygens (including phenoxy) is 2. The van der Waals surface area contributed by atoms with E-state index in [1.807, 2.05) is 0 Å². The van der Waals surface area contributed by atoms with Gasteiger partial charge in [-0.25, -0.2) is 14.8 Å². The summed E-state index contributed by atoms with van der Waals surface area (Å²) >= 11 is 0. The molecule has 0 spiro atoms. The summed E-state index contributed by atoms with van der Waals surface area (Å²) in [5, 5.41) is 3.20. The molecule has 0 amide bonds. The van der Waals surface area contributed by atoms with Gasteiger partial charge in [0.2, 0.25) is 0 Å². The van der Waals surface area contributed by atoms with Crippen LogP contribution < -0.4 is 5.32 Å². The van der Waals surface area contributed by atoms with Gasteiger partial charge in [-0.15, -0.1) is 0 Å². The molecule has 1 aliphatic heterocycles. The molecule has 0 bridgehead atoms. The van der Waals surface area contributed by atoms with E-state index in [2.05, 4.69) is 15.3 Å². The SMILES string of the molecule is COC(=O)c1nc(C2(OC)CCCC2)nc2c1CNC2. The number of hydrogen-bond donors (Lipinski definition) is 1. The molecular weight excluding hydrogens is 258 g/mol. The summed E-state index contributed by atoms with van der Waals surface area (Å²) in [6.07, 6.45) is 3.99. The molecule has 0 atom stereocenters. The molecular formula is C14H19N3O3. The molecule has 1 saturated carbocycles. The Hall–Kier alpha value is -1.53. The molecule has 108 valence electrons. The summed E-state index contributed by atoms with van der Waals surface area (Å²) in [5.41, 5.74) is 1.67. The van der Waals surface area contributed by atoms with Gasteiger partial charge >= 0.3 is 5.97 Å². The van der Waals surface area contributed by atoms with Crippen molar-refractivity contribution >= 4 is 5.97 Å². The van der Waals surface area contributed by atoms with E-state index in [0.717, 1.165) is 36.9 Å². The number of fused-ring (bicyclic) bond motifs is 1. The van der Waals surface area contributed by atoms with Crippen LogP contribution in [0.1, 0.15) is 53.3 Å². The second kappa shape index (κ2) is 5.10. The van der Waals surface area contributed by atoms with Crippen molar-refractivity contribution in [1.29, 1.82) is 0 Å². The molecule has 0 aromatic carbocycles. The van der Waals surface area contributed by atoms with Crippen LogP contribution in [0.2, 0.25) is 0 Å². The fraction of sp³-hybridized carbons (Fsp3) is 0.643. The average molecular weight is 277 g/mol. The van der Waals surface area contributed by atoms with Gasteiger partial charge in [-0.2, -0.15) is 0 Å². The molecule has 1 aromatic heterocycles. The summed E-state index contributed by atoms with van der Waals surface area (Å²) < 4.78 is 10.6. The molecule has 1 aliphatic carbocycles. The maximum atomic E-state index is 12.0. The minimum atomic E-state index is -0.444. The summed E-state index contributed by atoms with van der Waals surface area (Å²) in [6, 6.07) is 0. The van der Waals surface area contributed by atoms with Crippen LogP contribution >= 0.6 is 0 Å². The predicted molar refractivity (Wildman–Crippen MR) is 71.1 cm³/mol. The molecule has 0 saturated heterocycles. The first-order valence-corrected chi connectivity index (χ1v) is 6.94. The molecule has 2 heterocycles. The molecule has 1 aromatic rings. The number of methoxy groups -OCH3 is 2. The lowest BCUT2D eigenvalue weighted by molar-refractivity contribution is -0.0166. The van der Waals surface area contributed by atoms with E-state index in [4.69, 9.17) is 9.47 Å². The highest BCUT2D eigenvalue weighted by molar-refractivity contribution is 5.89. The monoisotopic (exact) mass is 277 g/mol. The molecule has 3 rings (SSSR count). The zero-order valence-electron chi connectivity index (χ0n) is 11.9. The Morgan fingerprint density at radius 1 is 1.20 bits per heavy atom. The first kappa shape index (κ1) is 13.5. The van der Waals surface area contributed by atoms with Gasteiger partial charge in [-0.05, 0) is 25.7 Å². The van der Waals surface area contributed by atoms with Crippen molar-refractivity contribution in [2.24, 2.45) is 0 Å². The smallest absolute Gasteiger partial charge is 0.357 e. The predicted octanol–water partition coefficient (Wildman–Crippen LogP) is 1.28. The Kier molecular flexibility index (Phi) is 3.43. The van der Waals surface area contributed by atoms with Crippen molar-refractivity contribution in [1.82, 2.24) is 15.3 Å². The molecule has 1 fully saturated rings. The largest absolute Gasteiger partial charge is 0.464 e. The number of nitrogens with one attached hydrogen (secondary N) is 1. The standard InChI is InChI=1S/C14H19N3O3/c1-19-12(18)11-9-7-15-8-10(9)16-13(17-11)14(20-2)5-3-4-6-14/h15H,3-8H2,1-2H3. The third kappa shape index (κ3) is 1.99.